The molecule has 2 aromatic carbocycles. The summed E-state index contributed by atoms with van der Waals surface area (Å²) in [6, 6.07) is 13.2. The van der Waals surface area contributed by atoms with Crippen LogP contribution in [0.25, 0.3) is 0 Å². The van der Waals surface area contributed by atoms with E-state index in [9.17, 15) is 18.0 Å². The van der Waals surface area contributed by atoms with E-state index in [2.05, 4.69) is 4.74 Å². The number of halogens is 3. The molecule has 1 aliphatic rings. The number of carbonyl (C=O) groups excluding carboxylic acids is 1. The molecular formula is C17H14F3NO2S. The molecule has 3 rings (SSSR count). The number of rotatable bonds is 3. The van der Waals surface area contributed by atoms with E-state index in [0.29, 0.717) is 11.3 Å². The molecule has 0 aliphatic carbocycles. The second-order valence-corrected chi connectivity index (χ2v) is 6.69. The molecule has 0 radical (unpaired) electrons. The average molecular weight is 353 g/mol. The number of amides is 1. The summed E-state index contributed by atoms with van der Waals surface area (Å²) in [5.41, 5.74) is 1.00. The van der Waals surface area contributed by atoms with Gasteiger partial charge in [-0.1, -0.05) is 30.3 Å². The summed E-state index contributed by atoms with van der Waals surface area (Å²) in [6.45, 7) is 1.81. The molecule has 1 aliphatic heterocycles. The minimum Gasteiger partial charge on any atom is -0.405 e. The van der Waals surface area contributed by atoms with Crippen LogP contribution < -0.4 is 9.64 Å². The van der Waals surface area contributed by atoms with Gasteiger partial charge >= 0.3 is 6.36 Å². The number of hydrogen-bond acceptors (Lipinski definition) is 3. The van der Waals surface area contributed by atoms with Crippen molar-refractivity contribution in [3.63, 3.8) is 0 Å². The summed E-state index contributed by atoms with van der Waals surface area (Å²) >= 11 is 1.45. The monoisotopic (exact) mass is 353 g/mol. The van der Waals surface area contributed by atoms with Crippen molar-refractivity contribution in [3.8, 4) is 5.75 Å². The molecule has 0 saturated heterocycles. The van der Waals surface area contributed by atoms with Gasteiger partial charge in [0.1, 0.15) is 5.75 Å². The lowest BCUT2D eigenvalue weighted by molar-refractivity contribution is -0.274. The second kappa shape index (κ2) is 6.39. The number of nitrogens with zero attached hydrogens (tertiary/aromatic N) is 1. The van der Waals surface area contributed by atoms with Gasteiger partial charge in [0.2, 0.25) is 5.91 Å². The molecule has 1 unspecified atom stereocenters. The van der Waals surface area contributed by atoms with Gasteiger partial charge in [0.15, 0.2) is 0 Å². The SMILES string of the molecule is CC1Sc2ccccc2N(Cc2ccccc2OC(F)(F)F)C1=O. The quantitative estimate of drug-likeness (QED) is 0.807. The fourth-order valence-corrected chi connectivity index (χ4v) is 3.62. The van der Waals surface area contributed by atoms with Gasteiger partial charge in [-0.05, 0) is 25.1 Å². The van der Waals surface area contributed by atoms with Crippen molar-refractivity contribution in [2.45, 2.75) is 30.0 Å². The molecule has 0 spiro atoms. The van der Waals surface area contributed by atoms with Gasteiger partial charge in [-0.25, -0.2) is 0 Å². The van der Waals surface area contributed by atoms with Gasteiger partial charge in [0.25, 0.3) is 0 Å². The van der Waals surface area contributed by atoms with Gasteiger partial charge in [-0.3, -0.25) is 4.79 Å². The molecule has 1 atom stereocenters. The predicted molar refractivity (Wildman–Crippen MR) is 86.1 cm³/mol. The zero-order chi connectivity index (χ0) is 17.3. The number of alkyl halides is 3. The Labute approximate surface area is 141 Å². The Morgan fingerprint density at radius 3 is 2.54 bits per heavy atom. The van der Waals surface area contributed by atoms with Crippen molar-refractivity contribution in [1.82, 2.24) is 0 Å². The standard InChI is InChI=1S/C17H14F3NO2S/c1-11-16(22)21(13-7-3-5-9-15(13)24-11)10-12-6-2-4-8-14(12)23-17(18,19)20/h2-9,11H,10H2,1H3. The molecule has 0 N–H and O–H groups in total. The van der Waals surface area contributed by atoms with E-state index in [0.717, 1.165) is 4.90 Å². The molecule has 2 aromatic rings. The Kier molecular flexibility index (Phi) is 4.45. The molecule has 126 valence electrons. The first-order chi connectivity index (χ1) is 11.3. The first-order valence-electron chi connectivity index (χ1n) is 7.26. The minimum absolute atomic E-state index is 0.0208. The topological polar surface area (TPSA) is 29.5 Å². The zero-order valence-corrected chi connectivity index (χ0v) is 13.5. The van der Waals surface area contributed by atoms with Crippen LogP contribution in [-0.2, 0) is 11.3 Å². The van der Waals surface area contributed by atoms with Crippen molar-refractivity contribution in [1.29, 1.82) is 0 Å². The number of carbonyl (C=O) groups is 1. The first-order valence-corrected chi connectivity index (χ1v) is 8.14. The summed E-state index contributed by atoms with van der Waals surface area (Å²) in [4.78, 5) is 15.0. The summed E-state index contributed by atoms with van der Waals surface area (Å²) in [7, 11) is 0. The van der Waals surface area contributed by atoms with E-state index in [1.807, 2.05) is 12.1 Å². The van der Waals surface area contributed by atoms with Crippen molar-refractivity contribution < 1.29 is 22.7 Å². The minimum atomic E-state index is -4.77. The van der Waals surface area contributed by atoms with Crippen LogP contribution in [0.3, 0.4) is 0 Å². The average Bonchev–Trinajstić information content (AvgIpc) is 2.52. The fraction of sp³-hybridized carbons (Fsp3) is 0.235. The molecule has 7 heteroatoms. The summed E-state index contributed by atoms with van der Waals surface area (Å²) in [5.74, 6) is -0.429. The molecule has 3 nitrogen and oxygen atoms in total. The Morgan fingerprint density at radius 2 is 1.79 bits per heavy atom. The lowest BCUT2D eigenvalue weighted by atomic mass is 10.1. The van der Waals surface area contributed by atoms with Gasteiger partial charge < -0.3 is 9.64 Å². The first kappa shape index (κ1) is 16.7. The maximum atomic E-state index is 12.6. The van der Waals surface area contributed by atoms with Crippen LogP contribution in [0.2, 0.25) is 0 Å². The van der Waals surface area contributed by atoms with E-state index < -0.39 is 6.36 Å². The normalized spacial score (nSPS) is 17.6. The smallest absolute Gasteiger partial charge is 0.405 e. The van der Waals surface area contributed by atoms with E-state index in [1.165, 1.54) is 34.9 Å². The van der Waals surface area contributed by atoms with Crippen LogP contribution in [0.4, 0.5) is 18.9 Å². The summed E-state index contributed by atoms with van der Waals surface area (Å²) < 4.78 is 41.8. The second-order valence-electron chi connectivity index (χ2n) is 5.31. The number of hydrogen-bond donors (Lipinski definition) is 0. The number of ether oxygens (including phenoxy) is 1. The third-order valence-corrected chi connectivity index (χ3v) is 4.75. The lowest BCUT2D eigenvalue weighted by Gasteiger charge is -2.32. The Bertz CT molecular complexity index is 763. The molecule has 0 fully saturated rings. The van der Waals surface area contributed by atoms with Gasteiger partial charge in [-0.2, -0.15) is 0 Å². The highest BCUT2D eigenvalue weighted by Crippen LogP contribution is 2.40. The highest BCUT2D eigenvalue weighted by Gasteiger charge is 2.34. The maximum absolute atomic E-state index is 12.6. The van der Waals surface area contributed by atoms with Crippen molar-refractivity contribution in [2.75, 3.05) is 4.90 Å². The summed E-state index contributed by atoms with van der Waals surface area (Å²) in [6.07, 6.45) is -4.77. The summed E-state index contributed by atoms with van der Waals surface area (Å²) in [5, 5.41) is -0.296. The van der Waals surface area contributed by atoms with E-state index >= 15 is 0 Å². The van der Waals surface area contributed by atoms with Crippen molar-refractivity contribution in [2.24, 2.45) is 0 Å². The number of para-hydroxylation sites is 2. The molecule has 0 saturated carbocycles. The van der Waals surface area contributed by atoms with E-state index in [1.54, 1.807) is 25.1 Å². The molecular weight excluding hydrogens is 339 g/mol. The molecule has 0 bridgehead atoms. The zero-order valence-electron chi connectivity index (χ0n) is 12.7. The van der Waals surface area contributed by atoms with Crippen molar-refractivity contribution in [3.05, 3.63) is 54.1 Å². The highest BCUT2D eigenvalue weighted by molar-refractivity contribution is 8.00. The van der Waals surface area contributed by atoms with Gasteiger partial charge in [0, 0.05) is 10.5 Å². The van der Waals surface area contributed by atoms with Crippen LogP contribution in [0, 0.1) is 0 Å². The van der Waals surface area contributed by atoms with Crippen LogP contribution >= 0.6 is 11.8 Å². The van der Waals surface area contributed by atoms with E-state index in [-0.39, 0.29) is 23.5 Å². The Hall–Kier alpha value is -2.15. The van der Waals surface area contributed by atoms with Crippen LogP contribution in [-0.4, -0.2) is 17.5 Å². The molecule has 1 heterocycles. The molecule has 24 heavy (non-hydrogen) atoms. The number of anilines is 1. The lowest BCUT2D eigenvalue weighted by Crippen LogP contribution is -2.39. The third kappa shape index (κ3) is 3.51. The third-order valence-electron chi connectivity index (χ3n) is 3.60. The highest BCUT2D eigenvalue weighted by atomic mass is 32.2. The number of benzene rings is 2. The predicted octanol–water partition coefficient (Wildman–Crippen LogP) is 4.61. The number of fused-ring (bicyclic) bond motifs is 1. The van der Waals surface area contributed by atoms with Crippen LogP contribution in [0.5, 0.6) is 5.75 Å². The van der Waals surface area contributed by atoms with Crippen LogP contribution in [0.15, 0.2) is 53.4 Å². The maximum Gasteiger partial charge on any atom is 0.573 e. The van der Waals surface area contributed by atoms with Crippen LogP contribution in [0.1, 0.15) is 12.5 Å². The van der Waals surface area contributed by atoms with E-state index in [4.69, 9.17) is 0 Å². The molecule has 0 aromatic heterocycles. The largest absolute Gasteiger partial charge is 0.573 e. The molecule has 1 amide bonds. The van der Waals surface area contributed by atoms with Gasteiger partial charge in [-0.15, -0.1) is 24.9 Å². The van der Waals surface area contributed by atoms with Gasteiger partial charge in [0.05, 0.1) is 17.5 Å². The number of thioether (sulfide) groups is 1. The Morgan fingerprint density at radius 1 is 1.12 bits per heavy atom. The Balaban J connectivity index is 1.95. The van der Waals surface area contributed by atoms with Crippen molar-refractivity contribution >= 4 is 23.4 Å². The fourth-order valence-electron chi connectivity index (χ4n) is 2.55.